The molecule has 0 amide bonds. The first-order valence-corrected chi connectivity index (χ1v) is 10.6. The molecule has 3 unspecified atom stereocenters. The predicted molar refractivity (Wildman–Crippen MR) is 116 cm³/mol. The van der Waals surface area contributed by atoms with Crippen molar-refractivity contribution < 1.29 is 38.0 Å². The van der Waals surface area contributed by atoms with Crippen LogP contribution in [0.25, 0.3) is 0 Å². The Hall–Kier alpha value is -2.64. The molecule has 178 valence electrons. The van der Waals surface area contributed by atoms with E-state index in [0.29, 0.717) is 22.8 Å². The molecule has 2 aromatic carbocycles. The van der Waals surface area contributed by atoms with Gasteiger partial charge in [0.2, 0.25) is 0 Å². The molecule has 33 heavy (non-hydrogen) atoms. The van der Waals surface area contributed by atoms with E-state index in [9.17, 15) is 28.5 Å². The molecule has 3 rings (SSSR count). The van der Waals surface area contributed by atoms with Crippen molar-refractivity contribution >= 4 is 23.7 Å². The van der Waals surface area contributed by atoms with Gasteiger partial charge < -0.3 is 30.6 Å². The average Bonchev–Trinajstić information content (AvgIpc) is 2.81. The number of nitrogens with two attached hydrogens (primary N) is 1. The van der Waals surface area contributed by atoms with Crippen molar-refractivity contribution in [2.24, 2.45) is 15.9 Å². The van der Waals surface area contributed by atoms with E-state index < -0.39 is 53.8 Å². The van der Waals surface area contributed by atoms with E-state index in [0.717, 1.165) is 18.0 Å². The number of hydrazone groups is 1. The number of aliphatic imine (C=N–C) groups is 1. The first-order chi connectivity index (χ1) is 15.8. The fourth-order valence-electron chi connectivity index (χ4n) is 3.19. The molecule has 2 aromatic rings. The fraction of sp³-hybridized carbons (Fsp3) is 0.333. The number of hydrogen-bond acceptors (Lipinski definition) is 9. The van der Waals surface area contributed by atoms with E-state index in [1.807, 2.05) is 0 Å². The minimum Gasteiger partial charge on any atom is -0.497 e. The summed E-state index contributed by atoms with van der Waals surface area (Å²) in [6.45, 7) is -0.554. The molecule has 0 radical (unpaired) electrons. The molecule has 1 aliphatic heterocycles. The Bertz CT molecular complexity index is 1020. The van der Waals surface area contributed by atoms with Gasteiger partial charge in [0.05, 0.1) is 13.7 Å². The summed E-state index contributed by atoms with van der Waals surface area (Å²) in [4.78, 5) is 4.79. The quantitative estimate of drug-likeness (QED) is 0.202. The number of nitrogens with zero attached hydrogens (tertiary/aromatic N) is 2. The van der Waals surface area contributed by atoms with Gasteiger partial charge in [0, 0.05) is 16.7 Å². The van der Waals surface area contributed by atoms with Crippen LogP contribution in [0.1, 0.15) is 5.56 Å². The maximum atomic E-state index is 13.6. The molecule has 0 aromatic heterocycles. The molecular formula is C21H22F3N3O5S. The molecule has 1 saturated heterocycles. The lowest BCUT2D eigenvalue weighted by Crippen LogP contribution is -2.56. The van der Waals surface area contributed by atoms with Gasteiger partial charge in [0.25, 0.3) is 0 Å². The third-order valence-electron chi connectivity index (χ3n) is 4.93. The zero-order valence-corrected chi connectivity index (χ0v) is 18.1. The van der Waals surface area contributed by atoms with Gasteiger partial charge in [-0.15, -0.1) is 0 Å². The highest BCUT2D eigenvalue weighted by Gasteiger charge is 2.44. The van der Waals surface area contributed by atoms with Crippen LogP contribution in [-0.4, -0.2) is 70.8 Å². The summed E-state index contributed by atoms with van der Waals surface area (Å²) in [6.07, 6.45) is -2.84. The van der Waals surface area contributed by atoms with Crippen molar-refractivity contribution in [3.05, 3.63) is 59.4 Å². The standard InChI is InChI=1S/C21H22F3N3O5S/c1-31-11-3-2-4-12(7-11)33-21-20(30)18(19(29)16(9-28)32-21)26-8-15(27-25)10-5-13(22)17(24)14(23)6-10/h2-8,16,18-21,28-30H,9,25H2,1H3/t16?,18?,19-,20?,21+/m0/s1. The molecule has 0 spiro atoms. The minimum atomic E-state index is -1.65. The number of benzene rings is 2. The molecule has 0 saturated carbocycles. The highest BCUT2D eigenvalue weighted by molar-refractivity contribution is 7.99. The molecule has 0 bridgehead atoms. The van der Waals surface area contributed by atoms with Crippen LogP contribution < -0.4 is 10.6 Å². The normalized spacial score (nSPS) is 26.0. The number of methoxy groups -OCH3 is 1. The number of ether oxygens (including phenoxy) is 2. The Morgan fingerprint density at radius 1 is 1.18 bits per heavy atom. The Morgan fingerprint density at radius 2 is 1.88 bits per heavy atom. The second kappa shape index (κ2) is 11.0. The molecular weight excluding hydrogens is 463 g/mol. The van der Waals surface area contributed by atoms with Gasteiger partial charge in [-0.2, -0.15) is 5.10 Å². The van der Waals surface area contributed by atoms with Gasteiger partial charge in [0.15, 0.2) is 17.5 Å². The Labute approximate surface area is 191 Å². The molecule has 1 aliphatic rings. The van der Waals surface area contributed by atoms with Gasteiger partial charge in [0.1, 0.15) is 41.3 Å². The third-order valence-corrected chi connectivity index (χ3v) is 6.08. The molecule has 1 heterocycles. The van der Waals surface area contributed by atoms with Crippen LogP contribution in [-0.2, 0) is 4.74 Å². The van der Waals surface area contributed by atoms with Gasteiger partial charge >= 0.3 is 0 Å². The second-order valence-electron chi connectivity index (χ2n) is 7.04. The van der Waals surface area contributed by atoms with E-state index in [-0.39, 0.29) is 11.3 Å². The van der Waals surface area contributed by atoms with Crippen LogP contribution >= 0.6 is 11.8 Å². The molecule has 12 heteroatoms. The fourth-order valence-corrected chi connectivity index (χ4v) is 4.30. The molecule has 5 N–H and O–H groups in total. The van der Waals surface area contributed by atoms with Crippen LogP contribution in [0.3, 0.4) is 0 Å². The molecule has 8 nitrogen and oxygen atoms in total. The van der Waals surface area contributed by atoms with Crippen molar-refractivity contribution in [2.75, 3.05) is 13.7 Å². The summed E-state index contributed by atoms with van der Waals surface area (Å²) in [6, 6.07) is 7.13. The Balaban J connectivity index is 1.85. The lowest BCUT2D eigenvalue weighted by atomic mass is 9.98. The van der Waals surface area contributed by atoms with Crippen molar-refractivity contribution in [1.29, 1.82) is 0 Å². The minimum absolute atomic E-state index is 0.199. The monoisotopic (exact) mass is 485 g/mol. The van der Waals surface area contributed by atoms with E-state index in [4.69, 9.17) is 15.3 Å². The van der Waals surface area contributed by atoms with Crippen LogP contribution in [0.4, 0.5) is 13.2 Å². The summed E-state index contributed by atoms with van der Waals surface area (Å²) in [5.41, 5.74) is -1.36. The highest BCUT2D eigenvalue weighted by atomic mass is 32.2. The summed E-state index contributed by atoms with van der Waals surface area (Å²) >= 11 is 1.12. The highest BCUT2D eigenvalue weighted by Crippen LogP contribution is 2.35. The Kier molecular flexibility index (Phi) is 8.32. The lowest BCUT2D eigenvalue weighted by Gasteiger charge is -2.40. The van der Waals surface area contributed by atoms with Crippen molar-refractivity contribution in [1.82, 2.24) is 0 Å². The first kappa shape index (κ1) is 25.0. The number of aliphatic hydroxyl groups excluding tert-OH is 3. The summed E-state index contributed by atoms with van der Waals surface area (Å²) in [7, 11) is 1.51. The van der Waals surface area contributed by atoms with Crippen molar-refractivity contribution in [3.63, 3.8) is 0 Å². The van der Waals surface area contributed by atoms with E-state index >= 15 is 0 Å². The van der Waals surface area contributed by atoms with Crippen LogP contribution in [0.15, 0.2) is 51.4 Å². The Morgan fingerprint density at radius 3 is 2.48 bits per heavy atom. The lowest BCUT2D eigenvalue weighted by molar-refractivity contribution is -0.159. The number of aliphatic hydroxyl groups is 3. The number of halogens is 3. The van der Waals surface area contributed by atoms with Crippen LogP contribution in [0.5, 0.6) is 5.75 Å². The summed E-state index contributed by atoms with van der Waals surface area (Å²) < 4.78 is 51.2. The number of thioether (sulfide) groups is 1. The van der Waals surface area contributed by atoms with Crippen molar-refractivity contribution in [3.8, 4) is 5.75 Å². The maximum absolute atomic E-state index is 13.6. The van der Waals surface area contributed by atoms with Gasteiger partial charge in [-0.05, 0) is 30.3 Å². The van der Waals surface area contributed by atoms with Crippen LogP contribution in [0.2, 0.25) is 0 Å². The second-order valence-corrected chi connectivity index (χ2v) is 8.21. The van der Waals surface area contributed by atoms with Gasteiger partial charge in [-0.25, -0.2) is 13.2 Å². The summed E-state index contributed by atoms with van der Waals surface area (Å²) in [5, 5.41) is 34.3. The SMILES string of the molecule is COc1cccc(S[C@H]2OC(CO)[C@H](O)C(N=CC(=NN)c3cc(F)c(F)c(F)c3)C2O)c1. The molecule has 0 aliphatic carbocycles. The largest absolute Gasteiger partial charge is 0.497 e. The van der Waals surface area contributed by atoms with Crippen molar-refractivity contribution in [2.45, 2.75) is 34.7 Å². The number of rotatable bonds is 7. The van der Waals surface area contributed by atoms with Gasteiger partial charge in [-0.1, -0.05) is 17.8 Å². The predicted octanol–water partition coefficient (Wildman–Crippen LogP) is 1.45. The maximum Gasteiger partial charge on any atom is 0.194 e. The molecule has 5 atom stereocenters. The summed E-state index contributed by atoms with van der Waals surface area (Å²) in [5.74, 6) is 1.34. The van der Waals surface area contributed by atoms with E-state index in [2.05, 4.69) is 10.1 Å². The molecule has 1 fully saturated rings. The number of hydrogen-bond donors (Lipinski definition) is 4. The topological polar surface area (TPSA) is 130 Å². The van der Waals surface area contributed by atoms with E-state index in [1.165, 1.54) is 7.11 Å². The first-order valence-electron chi connectivity index (χ1n) is 9.68. The van der Waals surface area contributed by atoms with Crippen LogP contribution in [0, 0.1) is 17.5 Å². The zero-order valence-electron chi connectivity index (χ0n) is 17.3. The third kappa shape index (κ3) is 5.65. The zero-order chi connectivity index (χ0) is 24.1. The van der Waals surface area contributed by atoms with Gasteiger partial charge in [-0.3, -0.25) is 4.99 Å². The van der Waals surface area contributed by atoms with E-state index in [1.54, 1.807) is 24.3 Å². The average molecular weight is 485 g/mol. The smallest absolute Gasteiger partial charge is 0.194 e.